The molecule has 0 aromatic carbocycles. The van der Waals surface area contributed by atoms with Crippen LogP contribution in [0, 0.1) is 19.8 Å². The van der Waals surface area contributed by atoms with Crippen LogP contribution < -0.4 is 4.90 Å². The Morgan fingerprint density at radius 3 is 2.75 bits per heavy atom. The zero-order chi connectivity index (χ0) is 14.3. The third kappa shape index (κ3) is 2.42. The second-order valence-electron chi connectivity index (χ2n) is 5.82. The maximum Gasteiger partial charge on any atom is 0.205 e. The Bertz CT molecular complexity index is 602. The highest BCUT2D eigenvalue weighted by Gasteiger charge is 2.29. The molecule has 3 heterocycles. The molecular weight excluding hydrogens is 272 g/mol. The van der Waals surface area contributed by atoms with Gasteiger partial charge in [0.25, 0.3) is 0 Å². The fourth-order valence-electron chi connectivity index (χ4n) is 2.85. The molecule has 0 N–H and O–H groups in total. The van der Waals surface area contributed by atoms with Crippen LogP contribution >= 0.6 is 11.5 Å². The van der Waals surface area contributed by atoms with Gasteiger partial charge in [-0.2, -0.15) is 4.37 Å². The fraction of sp³-hybridized carbons (Fsp3) is 0.692. The summed E-state index contributed by atoms with van der Waals surface area (Å²) in [5, 5.41) is 9.56. The summed E-state index contributed by atoms with van der Waals surface area (Å²) in [7, 11) is 0. The van der Waals surface area contributed by atoms with Crippen molar-refractivity contribution in [3.63, 3.8) is 0 Å². The Morgan fingerprint density at radius 1 is 1.30 bits per heavy atom. The van der Waals surface area contributed by atoms with Crippen molar-refractivity contribution < 1.29 is 0 Å². The van der Waals surface area contributed by atoms with E-state index in [9.17, 15) is 0 Å². The highest BCUT2D eigenvalue weighted by molar-refractivity contribution is 7.09. The summed E-state index contributed by atoms with van der Waals surface area (Å²) < 4.78 is 6.58. The number of anilines is 1. The van der Waals surface area contributed by atoms with Crippen molar-refractivity contribution in [2.75, 3.05) is 11.4 Å². The first kappa shape index (κ1) is 13.5. The molecule has 1 aliphatic heterocycles. The molecule has 0 saturated carbocycles. The Morgan fingerprint density at radius 2 is 2.10 bits per heavy atom. The number of rotatable bonds is 3. The monoisotopic (exact) mass is 292 g/mol. The molecule has 3 rings (SSSR count). The van der Waals surface area contributed by atoms with E-state index in [1.165, 1.54) is 11.5 Å². The molecule has 0 spiro atoms. The van der Waals surface area contributed by atoms with E-state index >= 15 is 0 Å². The van der Waals surface area contributed by atoms with E-state index in [-0.39, 0.29) is 0 Å². The van der Waals surface area contributed by atoms with Crippen molar-refractivity contribution in [3.8, 4) is 0 Å². The molecule has 0 radical (unpaired) electrons. The summed E-state index contributed by atoms with van der Waals surface area (Å²) in [5.41, 5.74) is 0. The first-order valence-corrected chi connectivity index (χ1v) is 7.77. The number of aromatic nitrogens is 5. The fourth-order valence-corrected chi connectivity index (χ4v) is 3.53. The third-order valence-corrected chi connectivity index (χ3v) is 4.46. The molecule has 2 aromatic heterocycles. The summed E-state index contributed by atoms with van der Waals surface area (Å²) >= 11 is 1.47. The van der Waals surface area contributed by atoms with E-state index in [4.69, 9.17) is 0 Å². The average Bonchev–Trinajstić information content (AvgIpc) is 2.96. The lowest BCUT2D eigenvalue weighted by molar-refractivity contribution is 0.357. The van der Waals surface area contributed by atoms with Gasteiger partial charge in [0.05, 0.1) is 12.6 Å². The molecule has 108 valence electrons. The Hall–Kier alpha value is -1.50. The summed E-state index contributed by atoms with van der Waals surface area (Å²) in [6.45, 7) is 10.2. The van der Waals surface area contributed by atoms with Gasteiger partial charge in [0.2, 0.25) is 5.13 Å². The predicted octanol–water partition coefficient (Wildman–Crippen LogP) is 2.35. The number of aryl methyl sites for hydroxylation is 2. The van der Waals surface area contributed by atoms with Crippen LogP contribution in [0.3, 0.4) is 0 Å². The second kappa shape index (κ2) is 5.12. The average molecular weight is 292 g/mol. The van der Waals surface area contributed by atoms with Crippen molar-refractivity contribution >= 4 is 16.7 Å². The second-order valence-corrected chi connectivity index (χ2v) is 6.55. The van der Waals surface area contributed by atoms with Gasteiger partial charge in [-0.05, 0) is 26.2 Å². The van der Waals surface area contributed by atoms with Crippen LogP contribution in [0.2, 0.25) is 0 Å². The first-order valence-electron chi connectivity index (χ1n) is 7.00. The number of hydrogen-bond acceptors (Lipinski definition) is 6. The topological polar surface area (TPSA) is 59.7 Å². The van der Waals surface area contributed by atoms with Crippen LogP contribution in [0.5, 0.6) is 0 Å². The van der Waals surface area contributed by atoms with Crippen LogP contribution in [0.25, 0.3) is 0 Å². The lowest BCUT2D eigenvalue weighted by Gasteiger charge is -2.34. The van der Waals surface area contributed by atoms with Crippen molar-refractivity contribution in [2.45, 2.75) is 46.7 Å². The molecule has 0 aliphatic carbocycles. The van der Waals surface area contributed by atoms with Gasteiger partial charge in [0.15, 0.2) is 5.82 Å². The van der Waals surface area contributed by atoms with Crippen LogP contribution in [0.4, 0.5) is 5.13 Å². The van der Waals surface area contributed by atoms with Gasteiger partial charge in [-0.3, -0.25) is 0 Å². The van der Waals surface area contributed by atoms with Crippen LogP contribution in [0.15, 0.2) is 0 Å². The first-order chi connectivity index (χ1) is 9.54. The Kier molecular flexibility index (Phi) is 3.45. The third-order valence-electron chi connectivity index (χ3n) is 3.60. The molecule has 1 aliphatic rings. The van der Waals surface area contributed by atoms with Gasteiger partial charge in [-0.15, -0.1) is 10.2 Å². The SMILES string of the molecule is Cc1nsc(N2Cc3nnc(C)n3[C@@H](CC(C)C)C2)n1. The van der Waals surface area contributed by atoms with Crippen LogP contribution in [0.1, 0.15) is 43.8 Å². The van der Waals surface area contributed by atoms with Crippen molar-refractivity contribution in [1.82, 2.24) is 24.1 Å². The largest absolute Gasteiger partial charge is 0.337 e. The molecule has 0 amide bonds. The lowest BCUT2D eigenvalue weighted by atomic mass is 10.0. The minimum atomic E-state index is 0.415. The van der Waals surface area contributed by atoms with Gasteiger partial charge in [0.1, 0.15) is 11.6 Å². The highest BCUT2D eigenvalue weighted by atomic mass is 32.1. The van der Waals surface area contributed by atoms with Crippen LogP contribution in [-0.2, 0) is 6.54 Å². The summed E-state index contributed by atoms with van der Waals surface area (Å²) in [6, 6.07) is 0.415. The minimum Gasteiger partial charge on any atom is -0.337 e. The van der Waals surface area contributed by atoms with E-state index in [2.05, 4.69) is 42.9 Å². The molecule has 0 bridgehead atoms. The summed E-state index contributed by atoms with van der Waals surface area (Å²) in [5.74, 6) is 3.53. The van der Waals surface area contributed by atoms with Gasteiger partial charge in [-0.1, -0.05) is 13.8 Å². The zero-order valence-corrected chi connectivity index (χ0v) is 13.2. The predicted molar refractivity (Wildman–Crippen MR) is 78.9 cm³/mol. The quantitative estimate of drug-likeness (QED) is 0.869. The van der Waals surface area contributed by atoms with Crippen LogP contribution in [-0.4, -0.2) is 30.7 Å². The van der Waals surface area contributed by atoms with E-state index < -0.39 is 0 Å². The van der Waals surface area contributed by atoms with Gasteiger partial charge >= 0.3 is 0 Å². The standard InChI is InChI=1S/C13H20N6S/c1-8(2)5-11-6-18(13-14-9(3)17-20-13)7-12-16-15-10(4)19(11)12/h8,11H,5-7H2,1-4H3/t11-/m0/s1. The summed E-state index contributed by atoms with van der Waals surface area (Å²) in [6.07, 6.45) is 1.13. The van der Waals surface area contributed by atoms with Gasteiger partial charge in [-0.25, -0.2) is 4.98 Å². The van der Waals surface area contributed by atoms with Gasteiger partial charge < -0.3 is 9.47 Å². The summed E-state index contributed by atoms with van der Waals surface area (Å²) in [4.78, 5) is 6.78. The van der Waals surface area contributed by atoms with Crippen molar-refractivity contribution in [3.05, 3.63) is 17.5 Å². The molecule has 20 heavy (non-hydrogen) atoms. The molecule has 7 heteroatoms. The van der Waals surface area contributed by atoms with E-state index in [1.807, 2.05) is 13.8 Å². The zero-order valence-electron chi connectivity index (χ0n) is 12.4. The molecule has 0 saturated heterocycles. The van der Waals surface area contributed by atoms with E-state index in [0.29, 0.717) is 12.0 Å². The maximum absolute atomic E-state index is 4.50. The highest BCUT2D eigenvalue weighted by Crippen LogP contribution is 2.30. The normalized spacial score (nSPS) is 18.6. The smallest absolute Gasteiger partial charge is 0.205 e. The number of nitrogens with zero attached hydrogens (tertiary/aromatic N) is 6. The van der Waals surface area contributed by atoms with E-state index in [0.717, 1.165) is 42.1 Å². The lowest BCUT2D eigenvalue weighted by Crippen LogP contribution is -2.38. The maximum atomic E-state index is 4.50. The molecule has 2 aromatic rings. The number of fused-ring (bicyclic) bond motifs is 1. The van der Waals surface area contributed by atoms with Crippen molar-refractivity contribution in [2.24, 2.45) is 5.92 Å². The molecule has 0 unspecified atom stereocenters. The van der Waals surface area contributed by atoms with Crippen molar-refractivity contribution in [1.29, 1.82) is 0 Å². The Labute approximate surface area is 123 Å². The molecule has 1 atom stereocenters. The minimum absolute atomic E-state index is 0.415. The molecular formula is C13H20N6S. The Balaban J connectivity index is 1.92. The van der Waals surface area contributed by atoms with Gasteiger partial charge in [0, 0.05) is 18.1 Å². The molecule has 6 nitrogen and oxygen atoms in total. The number of hydrogen-bond donors (Lipinski definition) is 0. The molecule has 0 fully saturated rings. The van der Waals surface area contributed by atoms with E-state index in [1.54, 1.807) is 0 Å².